The van der Waals surface area contributed by atoms with Crippen LogP contribution in [0.2, 0.25) is 0 Å². The van der Waals surface area contributed by atoms with Crippen LogP contribution in [0.4, 0.5) is 20.7 Å². The van der Waals surface area contributed by atoms with Crippen LogP contribution in [0.15, 0.2) is 59.4 Å². The van der Waals surface area contributed by atoms with E-state index in [4.69, 9.17) is 0 Å². The van der Waals surface area contributed by atoms with Crippen molar-refractivity contribution in [3.8, 4) is 5.69 Å². The Labute approximate surface area is 179 Å². The number of carbonyl (C=O) groups excluding carboxylic acids is 1. The number of benzene rings is 2. The molecule has 1 saturated heterocycles. The van der Waals surface area contributed by atoms with Gasteiger partial charge in [0.25, 0.3) is 5.56 Å². The number of carbonyl (C=O) groups is 1. The molecule has 0 aliphatic carbocycles. The molecule has 0 radical (unpaired) electrons. The van der Waals surface area contributed by atoms with E-state index < -0.39 is 0 Å². The van der Waals surface area contributed by atoms with E-state index in [2.05, 4.69) is 16.5 Å². The highest BCUT2D eigenvalue weighted by Crippen LogP contribution is 2.17. The molecule has 1 aliphatic rings. The lowest BCUT2D eigenvalue weighted by molar-refractivity contribution is 0.208. The summed E-state index contributed by atoms with van der Waals surface area (Å²) >= 11 is 0. The summed E-state index contributed by atoms with van der Waals surface area (Å²) < 4.78 is 14.5. The predicted molar refractivity (Wildman–Crippen MR) is 119 cm³/mol. The zero-order valence-corrected chi connectivity index (χ0v) is 17.5. The number of amides is 2. The highest BCUT2D eigenvalue weighted by molar-refractivity contribution is 5.89. The number of rotatable bonds is 3. The van der Waals surface area contributed by atoms with Gasteiger partial charge in [0.1, 0.15) is 11.6 Å². The summed E-state index contributed by atoms with van der Waals surface area (Å²) in [4.78, 5) is 28.7. The van der Waals surface area contributed by atoms with Crippen LogP contribution >= 0.6 is 0 Å². The number of nitrogens with zero attached hydrogens (tertiary/aromatic N) is 4. The molecule has 1 aromatic heterocycles. The van der Waals surface area contributed by atoms with E-state index in [1.54, 1.807) is 11.0 Å². The molecule has 0 atom stereocenters. The normalized spacial score (nSPS) is 13.9. The highest BCUT2D eigenvalue weighted by atomic mass is 19.1. The molecule has 160 valence electrons. The lowest BCUT2D eigenvalue weighted by atomic mass is 10.1. The highest BCUT2D eigenvalue weighted by Gasteiger charge is 2.22. The van der Waals surface area contributed by atoms with E-state index in [0.717, 1.165) is 16.8 Å². The Bertz CT molecular complexity index is 1130. The third-order valence-corrected chi connectivity index (χ3v) is 5.22. The second kappa shape index (κ2) is 8.59. The molecule has 2 heterocycles. The molecule has 1 N–H and O–H groups in total. The zero-order chi connectivity index (χ0) is 22.0. The Morgan fingerprint density at radius 3 is 2.23 bits per heavy atom. The van der Waals surface area contributed by atoms with Gasteiger partial charge in [-0.25, -0.2) is 9.18 Å². The average molecular weight is 421 g/mol. The standard InChI is InChI=1S/C23H24FN5O2/c1-16-13-17(2)15-19(14-16)25-23(31)28-11-9-27(10-12-28)21-7-8-22(30)29(26-21)20-5-3-18(24)4-6-20/h3-8,13-15H,9-12H2,1-2H3,(H,25,31). The molecule has 7 nitrogen and oxygen atoms in total. The SMILES string of the molecule is Cc1cc(C)cc(NC(=O)N2CCN(c3ccc(=O)n(-c4ccc(F)cc4)n3)CC2)c1. The maximum Gasteiger partial charge on any atom is 0.321 e. The number of hydrogen-bond donors (Lipinski definition) is 1. The van der Waals surface area contributed by atoms with Crippen LogP contribution in [-0.2, 0) is 0 Å². The number of hydrogen-bond acceptors (Lipinski definition) is 4. The van der Waals surface area contributed by atoms with Crippen LogP contribution in [0.1, 0.15) is 11.1 Å². The van der Waals surface area contributed by atoms with Crippen molar-refractivity contribution in [2.75, 3.05) is 36.4 Å². The van der Waals surface area contributed by atoms with Crippen LogP contribution in [0.25, 0.3) is 5.69 Å². The van der Waals surface area contributed by atoms with Crippen molar-refractivity contribution in [2.24, 2.45) is 0 Å². The van der Waals surface area contributed by atoms with Crippen molar-refractivity contribution in [1.29, 1.82) is 0 Å². The van der Waals surface area contributed by atoms with Crippen molar-refractivity contribution in [1.82, 2.24) is 14.7 Å². The van der Waals surface area contributed by atoms with E-state index >= 15 is 0 Å². The van der Waals surface area contributed by atoms with E-state index in [9.17, 15) is 14.0 Å². The van der Waals surface area contributed by atoms with E-state index in [1.807, 2.05) is 30.9 Å². The molecule has 2 amide bonds. The Hall–Kier alpha value is -3.68. The third kappa shape index (κ3) is 4.74. The minimum atomic E-state index is -0.372. The average Bonchev–Trinajstić information content (AvgIpc) is 2.74. The van der Waals surface area contributed by atoms with Crippen LogP contribution in [-0.4, -0.2) is 46.9 Å². The molecule has 8 heteroatoms. The van der Waals surface area contributed by atoms with Gasteiger partial charge in [-0.2, -0.15) is 4.68 Å². The Morgan fingerprint density at radius 1 is 0.935 bits per heavy atom. The lowest BCUT2D eigenvalue weighted by Crippen LogP contribution is -2.50. The number of anilines is 2. The summed E-state index contributed by atoms with van der Waals surface area (Å²) in [7, 11) is 0. The Morgan fingerprint density at radius 2 is 1.58 bits per heavy atom. The first-order chi connectivity index (χ1) is 14.9. The van der Waals surface area contributed by atoms with Crippen LogP contribution in [0.3, 0.4) is 0 Å². The molecule has 0 unspecified atom stereocenters. The first-order valence-corrected chi connectivity index (χ1v) is 10.1. The summed E-state index contributed by atoms with van der Waals surface area (Å²) in [6, 6.07) is 14.6. The van der Waals surface area contributed by atoms with Crippen LogP contribution in [0.5, 0.6) is 0 Å². The van der Waals surface area contributed by atoms with E-state index in [0.29, 0.717) is 37.7 Å². The van der Waals surface area contributed by atoms with Crippen molar-refractivity contribution >= 4 is 17.5 Å². The molecule has 1 fully saturated rings. The lowest BCUT2D eigenvalue weighted by Gasteiger charge is -2.35. The van der Waals surface area contributed by atoms with Gasteiger partial charge in [-0.15, -0.1) is 5.10 Å². The number of piperazine rings is 1. The summed E-state index contributed by atoms with van der Waals surface area (Å²) in [6.45, 7) is 6.26. The molecule has 3 aromatic rings. The molecule has 0 saturated carbocycles. The van der Waals surface area contributed by atoms with E-state index in [1.165, 1.54) is 35.0 Å². The number of urea groups is 1. The Balaban J connectivity index is 1.42. The number of aryl methyl sites for hydroxylation is 2. The van der Waals surface area contributed by atoms with Gasteiger partial charge in [-0.05, 0) is 67.4 Å². The predicted octanol–water partition coefficient (Wildman–Crippen LogP) is 3.34. The van der Waals surface area contributed by atoms with Gasteiger partial charge in [0.05, 0.1) is 5.69 Å². The molecule has 0 spiro atoms. The second-order valence-corrected chi connectivity index (χ2v) is 7.70. The van der Waals surface area contributed by atoms with Gasteiger partial charge in [0.15, 0.2) is 0 Å². The maximum absolute atomic E-state index is 13.2. The van der Waals surface area contributed by atoms with Gasteiger partial charge >= 0.3 is 6.03 Å². The molecule has 0 bridgehead atoms. The molecular weight excluding hydrogens is 397 g/mol. The van der Waals surface area contributed by atoms with Gasteiger partial charge in [0.2, 0.25) is 0 Å². The van der Waals surface area contributed by atoms with E-state index in [-0.39, 0.29) is 17.4 Å². The number of halogens is 1. The fourth-order valence-electron chi connectivity index (χ4n) is 3.73. The quantitative estimate of drug-likeness (QED) is 0.704. The van der Waals surface area contributed by atoms with Gasteiger partial charge < -0.3 is 15.1 Å². The van der Waals surface area contributed by atoms with Crippen LogP contribution < -0.4 is 15.8 Å². The van der Waals surface area contributed by atoms with Gasteiger partial charge in [-0.3, -0.25) is 4.79 Å². The second-order valence-electron chi connectivity index (χ2n) is 7.70. The van der Waals surface area contributed by atoms with Crippen molar-refractivity contribution in [2.45, 2.75) is 13.8 Å². The van der Waals surface area contributed by atoms with Crippen LogP contribution in [0, 0.1) is 19.7 Å². The first kappa shape index (κ1) is 20.6. The number of aromatic nitrogens is 2. The van der Waals surface area contributed by atoms with Crippen molar-refractivity contribution in [3.63, 3.8) is 0 Å². The Kier molecular flexibility index (Phi) is 5.70. The third-order valence-electron chi connectivity index (χ3n) is 5.22. The molecule has 1 aliphatic heterocycles. The van der Waals surface area contributed by atoms with Gasteiger partial charge in [-0.1, -0.05) is 6.07 Å². The zero-order valence-electron chi connectivity index (χ0n) is 17.5. The first-order valence-electron chi connectivity index (χ1n) is 10.1. The fourth-order valence-corrected chi connectivity index (χ4v) is 3.73. The topological polar surface area (TPSA) is 70.5 Å². The summed E-state index contributed by atoms with van der Waals surface area (Å²) in [5.41, 5.74) is 3.20. The largest absolute Gasteiger partial charge is 0.352 e. The molecule has 31 heavy (non-hydrogen) atoms. The van der Waals surface area contributed by atoms with Crippen molar-refractivity contribution < 1.29 is 9.18 Å². The molecule has 2 aromatic carbocycles. The number of nitrogens with one attached hydrogen (secondary N) is 1. The van der Waals surface area contributed by atoms with Gasteiger partial charge in [0, 0.05) is 37.9 Å². The van der Waals surface area contributed by atoms with Crippen molar-refractivity contribution in [3.05, 3.63) is 81.9 Å². The summed E-state index contributed by atoms with van der Waals surface area (Å²) in [5, 5.41) is 7.41. The monoisotopic (exact) mass is 421 g/mol. The summed E-state index contributed by atoms with van der Waals surface area (Å²) in [5.74, 6) is 0.265. The molecule has 4 rings (SSSR count). The smallest absolute Gasteiger partial charge is 0.321 e. The fraction of sp³-hybridized carbons (Fsp3) is 0.261. The minimum absolute atomic E-state index is 0.131. The molecular formula is C23H24FN5O2. The summed E-state index contributed by atoms with van der Waals surface area (Å²) in [6.07, 6.45) is 0. The minimum Gasteiger partial charge on any atom is -0.352 e. The maximum atomic E-state index is 13.2.